The molecule has 1 fully saturated rings. The SMILES string of the molecule is COCCCc1nc(N2CCNCC2)n[nH]1. The van der Waals surface area contributed by atoms with Crippen LogP contribution in [0.25, 0.3) is 0 Å². The number of aromatic nitrogens is 3. The Morgan fingerprint density at radius 2 is 2.19 bits per heavy atom. The fourth-order valence-electron chi connectivity index (χ4n) is 1.79. The van der Waals surface area contributed by atoms with E-state index < -0.39 is 0 Å². The summed E-state index contributed by atoms with van der Waals surface area (Å²) in [5.74, 6) is 1.78. The Morgan fingerprint density at radius 3 is 2.94 bits per heavy atom. The first-order valence-corrected chi connectivity index (χ1v) is 5.76. The van der Waals surface area contributed by atoms with Crippen LogP contribution in [0.4, 0.5) is 5.95 Å². The van der Waals surface area contributed by atoms with Gasteiger partial charge in [0.05, 0.1) is 0 Å². The van der Waals surface area contributed by atoms with Gasteiger partial charge in [-0.05, 0) is 6.42 Å². The van der Waals surface area contributed by atoms with Crippen molar-refractivity contribution in [2.75, 3.05) is 44.8 Å². The molecule has 0 saturated carbocycles. The number of hydrogen-bond acceptors (Lipinski definition) is 5. The van der Waals surface area contributed by atoms with E-state index in [0.29, 0.717) is 0 Å². The van der Waals surface area contributed by atoms with Gasteiger partial charge in [-0.15, -0.1) is 5.10 Å². The average molecular weight is 225 g/mol. The van der Waals surface area contributed by atoms with E-state index in [0.717, 1.165) is 57.4 Å². The van der Waals surface area contributed by atoms with Gasteiger partial charge in [-0.25, -0.2) is 0 Å². The number of anilines is 1. The zero-order valence-corrected chi connectivity index (χ0v) is 9.70. The van der Waals surface area contributed by atoms with Crippen LogP contribution in [0.1, 0.15) is 12.2 Å². The number of nitrogens with one attached hydrogen (secondary N) is 2. The maximum atomic E-state index is 5.01. The minimum atomic E-state index is 0.768. The predicted molar refractivity (Wildman–Crippen MR) is 61.7 cm³/mol. The summed E-state index contributed by atoms with van der Waals surface area (Å²) in [6.07, 6.45) is 1.87. The summed E-state index contributed by atoms with van der Waals surface area (Å²) in [6.45, 7) is 4.75. The third kappa shape index (κ3) is 2.93. The van der Waals surface area contributed by atoms with Crippen LogP contribution in [0.15, 0.2) is 0 Å². The Kier molecular flexibility index (Phi) is 4.12. The maximum absolute atomic E-state index is 5.01. The zero-order chi connectivity index (χ0) is 11.2. The van der Waals surface area contributed by atoms with Crippen molar-refractivity contribution in [3.05, 3.63) is 5.82 Å². The van der Waals surface area contributed by atoms with E-state index in [1.165, 1.54) is 0 Å². The molecular formula is C10H19N5O. The summed E-state index contributed by atoms with van der Waals surface area (Å²) in [6, 6.07) is 0. The highest BCUT2D eigenvalue weighted by Gasteiger charge is 2.14. The summed E-state index contributed by atoms with van der Waals surface area (Å²) in [5.41, 5.74) is 0. The second kappa shape index (κ2) is 5.81. The van der Waals surface area contributed by atoms with Gasteiger partial charge in [-0.3, -0.25) is 5.10 Å². The summed E-state index contributed by atoms with van der Waals surface area (Å²) in [7, 11) is 1.71. The van der Waals surface area contributed by atoms with Crippen LogP contribution >= 0.6 is 0 Å². The van der Waals surface area contributed by atoms with Gasteiger partial charge in [0.2, 0.25) is 5.95 Å². The standard InChI is InChI=1S/C10H19N5O/c1-16-8-2-3-9-12-10(14-13-9)15-6-4-11-5-7-15/h11H,2-8H2,1H3,(H,12,13,14). The first-order chi connectivity index (χ1) is 7.90. The zero-order valence-electron chi connectivity index (χ0n) is 9.70. The lowest BCUT2D eigenvalue weighted by molar-refractivity contribution is 0.194. The van der Waals surface area contributed by atoms with Crippen molar-refractivity contribution in [1.29, 1.82) is 0 Å². The van der Waals surface area contributed by atoms with Crippen LogP contribution in [-0.4, -0.2) is 55.1 Å². The predicted octanol–water partition coefficient (Wildman–Crippen LogP) is -0.207. The Labute approximate surface area is 95.4 Å². The molecule has 2 rings (SSSR count). The fourth-order valence-corrected chi connectivity index (χ4v) is 1.79. The van der Waals surface area contributed by atoms with Crippen LogP contribution < -0.4 is 10.2 Å². The third-order valence-corrected chi connectivity index (χ3v) is 2.68. The summed E-state index contributed by atoms with van der Waals surface area (Å²) in [5, 5.41) is 10.5. The van der Waals surface area contributed by atoms with Crippen LogP contribution in [0.3, 0.4) is 0 Å². The molecule has 0 radical (unpaired) electrons. The molecule has 1 aliphatic rings. The van der Waals surface area contributed by atoms with E-state index in [-0.39, 0.29) is 0 Å². The fraction of sp³-hybridized carbons (Fsp3) is 0.800. The number of rotatable bonds is 5. The summed E-state index contributed by atoms with van der Waals surface area (Å²) < 4.78 is 5.01. The molecule has 16 heavy (non-hydrogen) atoms. The van der Waals surface area contributed by atoms with Gasteiger partial charge in [-0.2, -0.15) is 4.98 Å². The quantitative estimate of drug-likeness (QED) is 0.679. The molecule has 1 saturated heterocycles. The minimum absolute atomic E-state index is 0.768. The van der Waals surface area contributed by atoms with Gasteiger partial charge in [0.25, 0.3) is 0 Å². The number of H-pyrrole nitrogens is 1. The van der Waals surface area contributed by atoms with Crippen LogP contribution in [0, 0.1) is 0 Å². The molecule has 1 aromatic rings. The molecule has 6 nitrogen and oxygen atoms in total. The normalized spacial score (nSPS) is 16.7. The Morgan fingerprint density at radius 1 is 1.38 bits per heavy atom. The number of piperazine rings is 1. The molecule has 0 amide bonds. The highest BCUT2D eigenvalue weighted by atomic mass is 16.5. The summed E-state index contributed by atoms with van der Waals surface area (Å²) >= 11 is 0. The largest absolute Gasteiger partial charge is 0.385 e. The molecule has 0 aliphatic carbocycles. The van der Waals surface area contributed by atoms with Crippen molar-refractivity contribution in [1.82, 2.24) is 20.5 Å². The third-order valence-electron chi connectivity index (χ3n) is 2.68. The van der Waals surface area contributed by atoms with E-state index in [1.807, 2.05) is 0 Å². The van der Waals surface area contributed by atoms with Crippen molar-refractivity contribution in [2.45, 2.75) is 12.8 Å². The van der Waals surface area contributed by atoms with Crippen molar-refractivity contribution < 1.29 is 4.74 Å². The van der Waals surface area contributed by atoms with E-state index in [1.54, 1.807) is 7.11 Å². The van der Waals surface area contributed by atoms with Crippen molar-refractivity contribution in [3.63, 3.8) is 0 Å². The van der Waals surface area contributed by atoms with Gasteiger partial charge in [0.1, 0.15) is 5.82 Å². The monoisotopic (exact) mass is 225 g/mol. The molecule has 1 aliphatic heterocycles. The van der Waals surface area contributed by atoms with Gasteiger partial charge in [0.15, 0.2) is 0 Å². The highest BCUT2D eigenvalue weighted by Crippen LogP contribution is 2.08. The topological polar surface area (TPSA) is 66.1 Å². The lowest BCUT2D eigenvalue weighted by Crippen LogP contribution is -2.44. The highest BCUT2D eigenvalue weighted by molar-refractivity contribution is 5.29. The molecule has 0 unspecified atom stereocenters. The van der Waals surface area contributed by atoms with Crippen molar-refractivity contribution >= 4 is 5.95 Å². The molecule has 6 heteroatoms. The lowest BCUT2D eigenvalue weighted by Gasteiger charge is -2.25. The number of aryl methyl sites for hydroxylation is 1. The molecule has 0 bridgehead atoms. The van der Waals surface area contributed by atoms with E-state index >= 15 is 0 Å². The second-order valence-corrected chi connectivity index (χ2v) is 3.92. The van der Waals surface area contributed by atoms with Crippen molar-refractivity contribution in [2.24, 2.45) is 0 Å². The molecule has 2 N–H and O–H groups in total. The van der Waals surface area contributed by atoms with Crippen LogP contribution in [-0.2, 0) is 11.2 Å². The van der Waals surface area contributed by atoms with Gasteiger partial charge in [0, 0.05) is 46.3 Å². The second-order valence-electron chi connectivity index (χ2n) is 3.92. The average Bonchev–Trinajstić information content (AvgIpc) is 2.79. The van der Waals surface area contributed by atoms with Crippen LogP contribution in [0.5, 0.6) is 0 Å². The van der Waals surface area contributed by atoms with Gasteiger partial charge >= 0.3 is 0 Å². The molecule has 0 spiro atoms. The van der Waals surface area contributed by atoms with E-state index in [2.05, 4.69) is 25.4 Å². The molecule has 1 aromatic heterocycles. The smallest absolute Gasteiger partial charge is 0.244 e. The van der Waals surface area contributed by atoms with E-state index in [4.69, 9.17) is 4.74 Å². The Bertz CT molecular complexity index is 308. The van der Waals surface area contributed by atoms with Crippen molar-refractivity contribution in [3.8, 4) is 0 Å². The molecular weight excluding hydrogens is 206 g/mol. The number of aromatic amines is 1. The Hall–Kier alpha value is -1.14. The first-order valence-electron chi connectivity index (χ1n) is 5.76. The number of nitrogens with zero attached hydrogens (tertiary/aromatic N) is 3. The van der Waals surface area contributed by atoms with E-state index in [9.17, 15) is 0 Å². The molecule has 2 heterocycles. The molecule has 0 atom stereocenters. The number of ether oxygens (including phenoxy) is 1. The maximum Gasteiger partial charge on any atom is 0.244 e. The summed E-state index contributed by atoms with van der Waals surface area (Å²) in [4.78, 5) is 6.68. The Balaban J connectivity index is 1.85. The first kappa shape index (κ1) is 11.3. The van der Waals surface area contributed by atoms with Gasteiger partial charge in [-0.1, -0.05) is 0 Å². The van der Waals surface area contributed by atoms with Crippen LogP contribution in [0.2, 0.25) is 0 Å². The number of methoxy groups -OCH3 is 1. The lowest BCUT2D eigenvalue weighted by atomic mass is 10.3. The minimum Gasteiger partial charge on any atom is -0.385 e. The molecule has 90 valence electrons. The number of hydrogen-bond donors (Lipinski definition) is 2. The van der Waals surface area contributed by atoms with Gasteiger partial charge < -0.3 is 15.0 Å². The molecule has 0 aromatic carbocycles.